The second-order valence-electron chi connectivity index (χ2n) is 7.42. The Hall–Kier alpha value is -2.07. The van der Waals surface area contributed by atoms with E-state index in [1.165, 1.54) is 10.4 Å². The van der Waals surface area contributed by atoms with Gasteiger partial charge in [0.1, 0.15) is 5.82 Å². The summed E-state index contributed by atoms with van der Waals surface area (Å²) in [5.41, 5.74) is 3.02. The Morgan fingerprint density at radius 1 is 1.21 bits per heavy atom. The van der Waals surface area contributed by atoms with Gasteiger partial charge >= 0.3 is 0 Å². The van der Waals surface area contributed by atoms with Gasteiger partial charge in [-0.3, -0.25) is 9.88 Å². The average molecular weight is 405 g/mol. The normalized spacial score (nSPS) is 22.9. The molecule has 1 atom stereocenters. The Labute approximate surface area is 165 Å². The van der Waals surface area contributed by atoms with Crippen LogP contribution in [0.25, 0.3) is 0 Å². The molecule has 2 saturated heterocycles. The number of fused-ring (bicyclic) bond motifs is 1. The molecule has 2 aliphatic heterocycles. The summed E-state index contributed by atoms with van der Waals surface area (Å²) in [6, 6.07) is 8.75. The lowest BCUT2D eigenvalue weighted by molar-refractivity contribution is 0.140. The van der Waals surface area contributed by atoms with Gasteiger partial charge in [0, 0.05) is 45.5 Å². The standard InChI is InChI=1S/C19H24FN5O2S/c1-14-3-5-16(10-21-14)22-19-9-15(4-6-18(19)20)11-24-7-8-25-17(13-24)12-23(2)28(25,26)27/h3-6,9-10,17,22H,7-8,11-13H2,1-2H3/t17-/m1/s1. The van der Waals surface area contributed by atoms with Crippen LogP contribution < -0.4 is 5.32 Å². The Bertz CT molecular complexity index is 967. The summed E-state index contributed by atoms with van der Waals surface area (Å²) >= 11 is 0. The van der Waals surface area contributed by atoms with Gasteiger partial charge < -0.3 is 5.32 Å². The lowest BCUT2D eigenvalue weighted by Gasteiger charge is -2.35. The number of pyridine rings is 1. The van der Waals surface area contributed by atoms with E-state index in [2.05, 4.69) is 15.2 Å². The molecule has 7 nitrogen and oxygen atoms in total. The van der Waals surface area contributed by atoms with Crippen molar-refractivity contribution >= 4 is 21.6 Å². The zero-order chi connectivity index (χ0) is 19.9. The van der Waals surface area contributed by atoms with Crippen molar-refractivity contribution in [3.05, 3.63) is 53.6 Å². The maximum absolute atomic E-state index is 14.2. The molecule has 9 heteroatoms. The molecule has 0 unspecified atom stereocenters. The van der Waals surface area contributed by atoms with Gasteiger partial charge in [-0.05, 0) is 36.8 Å². The Balaban J connectivity index is 1.45. The lowest BCUT2D eigenvalue weighted by atomic mass is 10.1. The fourth-order valence-electron chi connectivity index (χ4n) is 3.79. The number of rotatable bonds is 4. The van der Waals surface area contributed by atoms with Gasteiger partial charge in [0.15, 0.2) is 0 Å². The monoisotopic (exact) mass is 405 g/mol. The van der Waals surface area contributed by atoms with Gasteiger partial charge in [-0.1, -0.05) is 6.07 Å². The molecule has 2 aromatic rings. The maximum Gasteiger partial charge on any atom is 0.282 e. The molecule has 0 saturated carbocycles. The highest BCUT2D eigenvalue weighted by atomic mass is 32.2. The quantitative estimate of drug-likeness (QED) is 0.842. The predicted molar refractivity (Wildman–Crippen MR) is 106 cm³/mol. The minimum atomic E-state index is -3.30. The zero-order valence-corrected chi connectivity index (χ0v) is 16.8. The van der Waals surface area contributed by atoms with Crippen molar-refractivity contribution in [3.63, 3.8) is 0 Å². The molecule has 3 heterocycles. The zero-order valence-electron chi connectivity index (χ0n) is 16.0. The maximum atomic E-state index is 14.2. The van der Waals surface area contributed by atoms with Crippen molar-refractivity contribution in [2.75, 3.05) is 38.5 Å². The predicted octanol–water partition coefficient (Wildman–Crippen LogP) is 1.95. The van der Waals surface area contributed by atoms with Crippen LogP contribution in [0.3, 0.4) is 0 Å². The summed E-state index contributed by atoms with van der Waals surface area (Å²) in [6.07, 6.45) is 1.68. The van der Waals surface area contributed by atoms with E-state index in [1.807, 2.05) is 19.1 Å². The molecular formula is C19H24FN5O2S. The van der Waals surface area contributed by atoms with E-state index in [9.17, 15) is 12.8 Å². The number of piperazine rings is 1. The fraction of sp³-hybridized carbons (Fsp3) is 0.421. The first kappa shape index (κ1) is 19.3. The summed E-state index contributed by atoms with van der Waals surface area (Å²) in [5.74, 6) is -0.322. The summed E-state index contributed by atoms with van der Waals surface area (Å²) in [5, 5.41) is 3.08. The second-order valence-corrected chi connectivity index (χ2v) is 9.40. The molecule has 0 amide bonds. The van der Waals surface area contributed by atoms with Crippen LogP contribution in [0.2, 0.25) is 0 Å². The summed E-state index contributed by atoms with van der Waals surface area (Å²) in [6.45, 7) is 4.87. The van der Waals surface area contributed by atoms with Gasteiger partial charge in [-0.25, -0.2) is 4.39 Å². The van der Waals surface area contributed by atoms with Crippen molar-refractivity contribution in [2.24, 2.45) is 0 Å². The first-order valence-corrected chi connectivity index (χ1v) is 10.7. The van der Waals surface area contributed by atoms with Crippen molar-refractivity contribution < 1.29 is 12.8 Å². The minimum absolute atomic E-state index is 0.0274. The first-order chi connectivity index (χ1) is 13.3. The first-order valence-electron chi connectivity index (χ1n) is 9.26. The van der Waals surface area contributed by atoms with Crippen LogP contribution in [0.15, 0.2) is 36.5 Å². The van der Waals surface area contributed by atoms with Crippen molar-refractivity contribution in [1.82, 2.24) is 18.5 Å². The summed E-state index contributed by atoms with van der Waals surface area (Å²) in [7, 11) is -1.68. The molecule has 1 aromatic carbocycles. The van der Waals surface area contributed by atoms with Crippen LogP contribution in [0, 0.1) is 12.7 Å². The van der Waals surface area contributed by atoms with E-state index in [0.29, 0.717) is 38.4 Å². The van der Waals surface area contributed by atoms with Crippen molar-refractivity contribution in [1.29, 1.82) is 0 Å². The van der Waals surface area contributed by atoms with Gasteiger partial charge in [-0.15, -0.1) is 0 Å². The van der Waals surface area contributed by atoms with E-state index in [-0.39, 0.29) is 11.9 Å². The third-order valence-corrected chi connectivity index (χ3v) is 7.31. The van der Waals surface area contributed by atoms with E-state index in [4.69, 9.17) is 0 Å². The second kappa shape index (κ2) is 7.40. The number of halogens is 1. The molecular weight excluding hydrogens is 381 g/mol. The van der Waals surface area contributed by atoms with Gasteiger partial charge in [-0.2, -0.15) is 17.0 Å². The Morgan fingerprint density at radius 2 is 2.04 bits per heavy atom. The van der Waals surface area contributed by atoms with Crippen molar-refractivity contribution in [3.8, 4) is 0 Å². The number of benzene rings is 1. The van der Waals surface area contributed by atoms with Crippen LogP contribution in [-0.4, -0.2) is 66.2 Å². The minimum Gasteiger partial charge on any atom is -0.352 e. The molecule has 2 fully saturated rings. The van der Waals surface area contributed by atoms with Gasteiger partial charge in [0.05, 0.1) is 23.6 Å². The number of anilines is 2. The highest BCUT2D eigenvalue weighted by Gasteiger charge is 2.44. The Morgan fingerprint density at radius 3 is 2.79 bits per heavy atom. The summed E-state index contributed by atoms with van der Waals surface area (Å²) < 4.78 is 41.7. The molecule has 4 rings (SSSR count). The third kappa shape index (κ3) is 3.75. The number of hydrogen-bond donors (Lipinski definition) is 1. The highest BCUT2D eigenvalue weighted by molar-refractivity contribution is 7.87. The lowest BCUT2D eigenvalue weighted by Crippen LogP contribution is -2.51. The van der Waals surface area contributed by atoms with Gasteiger partial charge in [0.2, 0.25) is 0 Å². The van der Waals surface area contributed by atoms with E-state index < -0.39 is 10.2 Å². The Kier molecular flexibility index (Phi) is 5.09. The molecule has 1 aromatic heterocycles. The molecule has 0 bridgehead atoms. The van der Waals surface area contributed by atoms with Crippen LogP contribution in [0.5, 0.6) is 0 Å². The highest BCUT2D eigenvalue weighted by Crippen LogP contribution is 2.26. The van der Waals surface area contributed by atoms with E-state index in [0.717, 1.165) is 16.9 Å². The van der Waals surface area contributed by atoms with Crippen LogP contribution in [-0.2, 0) is 16.8 Å². The number of hydrogen-bond acceptors (Lipinski definition) is 5. The molecule has 150 valence electrons. The number of aryl methyl sites for hydroxylation is 1. The molecule has 2 aliphatic rings. The molecule has 0 spiro atoms. The average Bonchev–Trinajstić information content (AvgIpc) is 2.88. The third-order valence-electron chi connectivity index (χ3n) is 5.30. The van der Waals surface area contributed by atoms with Gasteiger partial charge in [0.25, 0.3) is 10.2 Å². The number of likely N-dealkylation sites (N-methyl/N-ethyl adjacent to an activating group) is 1. The smallest absolute Gasteiger partial charge is 0.282 e. The fourth-order valence-corrected chi connectivity index (χ4v) is 5.33. The molecule has 0 radical (unpaired) electrons. The largest absolute Gasteiger partial charge is 0.352 e. The summed E-state index contributed by atoms with van der Waals surface area (Å²) in [4.78, 5) is 6.44. The molecule has 28 heavy (non-hydrogen) atoms. The molecule has 0 aliphatic carbocycles. The van der Waals surface area contributed by atoms with Crippen LogP contribution >= 0.6 is 0 Å². The molecule has 1 N–H and O–H groups in total. The SMILES string of the molecule is Cc1ccc(Nc2cc(CN3CCN4[C@@H](C3)CN(C)S4(=O)=O)ccc2F)cn1. The van der Waals surface area contributed by atoms with Crippen LogP contribution in [0.4, 0.5) is 15.8 Å². The van der Waals surface area contributed by atoms with Crippen molar-refractivity contribution in [2.45, 2.75) is 19.5 Å². The van der Waals surface area contributed by atoms with E-state index in [1.54, 1.807) is 29.7 Å². The number of nitrogens with zero attached hydrogens (tertiary/aromatic N) is 4. The van der Waals surface area contributed by atoms with Crippen LogP contribution in [0.1, 0.15) is 11.3 Å². The number of nitrogens with one attached hydrogen (secondary N) is 1. The topological polar surface area (TPSA) is 68.8 Å². The van der Waals surface area contributed by atoms with E-state index >= 15 is 0 Å². The number of aromatic nitrogens is 1.